The van der Waals surface area contributed by atoms with Crippen molar-refractivity contribution in [2.45, 2.75) is 26.8 Å². The topological polar surface area (TPSA) is 39.7 Å². The van der Waals surface area contributed by atoms with E-state index in [1.807, 2.05) is 0 Å². The fourth-order valence-electron chi connectivity index (χ4n) is 0.991. The summed E-state index contributed by atoms with van der Waals surface area (Å²) in [6, 6.07) is 0.421. The van der Waals surface area contributed by atoms with E-state index < -0.39 is 0 Å². The van der Waals surface area contributed by atoms with Crippen LogP contribution in [0.4, 0.5) is 0 Å². The molecular weight excluding hydrogens is 303 g/mol. The maximum Gasteiger partial charge on any atom is 0.191 e. The van der Waals surface area contributed by atoms with E-state index in [2.05, 4.69) is 48.3 Å². The zero-order valence-electron chi connectivity index (χ0n) is 10.5. The van der Waals surface area contributed by atoms with Crippen molar-refractivity contribution < 1.29 is 0 Å². The Balaban J connectivity index is 0. The summed E-state index contributed by atoms with van der Waals surface area (Å²) in [5, 5.41) is 6.50. The average molecular weight is 328 g/mol. The lowest BCUT2D eigenvalue weighted by Gasteiger charge is -2.17. The van der Waals surface area contributed by atoms with Gasteiger partial charge in [-0.2, -0.15) is 0 Å². The fourth-order valence-corrected chi connectivity index (χ4v) is 0.991. The minimum absolute atomic E-state index is 0. The molecule has 0 aliphatic rings. The van der Waals surface area contributed by atoms with Crippen LogP contribution in [0.3, 0.4) is 0 Å². The van der Waals surface area contributed by atoms with E-state index in [9.17, 15) is 0 Å². The Morgan fingerprint density at radius 3 is 2.40 bits per heavy atom. The lowest BCUT2D eigenvalue weighted by Crippen LogP contribution is -2.43. The van der Waals surface area contributed by atoms with Gasteiger partial charge in [0.1, 0.15) is 0 Å². The number of halogens is 1. The van der Waals surface area contributed by atoms with Crippen molar-refractivity contribution in [2.24, 2.45) is 4.99 Å². The standard InChI is InChI=1S/C10H24N4.HI/c1-6-14(5)8-7-12-10(11-4)13-9(2)3;/h9H,6-8H2,1-5H3,(H2,11,12,13);1H. The second-order valence-corrected chi connectivity index (χ2v) is 3.69. The second-order valence-electron chi connectivity index (χ2n) is 3.69. The molecule has 92 valence electrons. The predicted octanol–water partition coefficient (Wildman–Crippen LogP) is 1.13. The Kier molecular flexibility index (Phi) is 12.1. The van der Waals surface area contributed by atoms with Crippen molar-refractivity contribution in [1.29, 1.82) is 0 Å². The zero-order chi connectivity index (χ0) is 11.0. The molecule has 0 rings (SSSR count). The largest absolute Gasteiger partial charge is 0.355 e. The summed E-state index contributed by atoms with van der Waals surface area (Å²) >= 11 is 0. The molecule has 0 aromatic carbocycles. The molecule has 0 aromatic heterocycles. The van der Waals surface area contributed by atoms with Crippen LogP contribution in [0.5, 0.6) is 0 Å². The van der Waals surface area contributed by atoms with Crippen LogP contribution >= 0.6 is 24.0 Å². The van der Waals surface area contributed by atoms with Gasteiger partial charge in [0.2, 0.25) is 0 Å². The number of likely N-dealkylation sites (N-methyl/N-ethyl adjacent to an activating group) is 1. The summed E-state index contributed by atoms with van der Waals surface area (Å²) in [6.07, 6.45) is 0. The number of hydrogen-bond acceptors (Lipinski definition) is 2. The Hall–Kier alpha value is -0.0400. The molecule has 0 amide bonds. The average Bonchev–Trinajstić information content (AvgIpc) is 2.15. The zero-order valence-corrected chi connectivity index (χ0v) is 12.8. The van der Waals surface area contributed by atoms with Gasteiger partial charge in [-0.1, -0.05) is 6.92 Å². The summed E-state index contributed by atoms with van der Waals surface area (Å²) in [5.74, 6) is 0.879. The molecule has 0 spiro atoms. The lowest BCUT2D eigenvalue weighted by molar-refractivity contribution is 0.357. The smallest absolute Gasteiger partial charge is 0.191 e. The number of nitrogens with zero attached hydrogens (tertiary/aromatic N) is 2. The van der Waals surface area contributed by atoms with Crippen molar-refractivity contribution in [3.63, 3.8) is 0 Å². The normalized spacial score (nSPS) is 11.5. The summed E-state index contributed by atoms with van der Waals surface area (Å²) in [6.45, 7) is 9.40. The van der Waals surface area contributed by atoms with Gasteiger partial charge in [-0.25, -0.2) is 0 Å². The summed E-state index contributed by atoms with van der Waals surface area (Å²) in [7, 11) is 3.90. The Morgan fingerprint density at radius 1 is 1.40 bits per heavy atom. The quantitative estimate of drug-likeness (QED) is 0.452. The molecule has 0 unspecified atom stereocenters. The minimum Gasteiger partial charge on any atom is -0.355 e. The van der Waals surface area contributed by atoms with Crippen molar-refractivity contribution in [3.8, 4) is 0 Å². The molecular formula is C10H25IN4. The molecule has 0 heterocycles. The first kappa shape index (κ1) is 17.4. The molecule has 0 radical (unpaired) electrons. The first-order valence-corrected chi connectivity index (χ1v) is 5.25. The van der Waals surface area contributed by atoms with Gasteiger partial charge < -0.3 is 15.5 Å². The van der Waals surface area contributed by atoms with Crippen LogP contribution in [0.2, 0.25) is 0 Å². The summed E-state index contributed by atoms with van der Waals surface area (Å²) < 4.78 is 0. The highest BCUT2D eigenvalue weighted by molar-refractivity contribution is 14.0. The van der Waals surface area contributed by atoms with Gasteiger partial charge in [-0.05, 0) is 27.4 Å². The first-order chi connectivity index (χ1) is 6.60. The molecule has 0 saturated heterocycles. The van der Waals surface area contributed by atoms with Crippen LogP contribution < -0.4 is 10.6 Å². The molecule has 0 fully saturated rings. The monoisotopic (exact) mass is 328 g/mol. The number of rotatable bonds is 5. The van der Waals surface area contributed by atoms with Crippen LogP contribution in [-0.2, 0) is 0 Å². The van der Waals surface area contributed by atoms with Crippen molar-refractivity contribution in [2.75, 3.05) is 33.7 Å². The summed E-state index contributed by atoms with van der Waals surface area (Å²) in [4.78, 5) is 6.39. The highest BCUT2D eigenvalue weighted by Gasteiger charge is 1.99. The highest BCUT2D eigenvalue weighted by atomic mass is 127. The van der Waals surface area contributed by atoms with Gasteiger partial charge in [0.25, 0.3) is 0 Å². The van der Waals surface area contributed by atoms with E-state index >= 15 is 0 Å². The third-order valence-corrected chi connectivity index (χ3v) is 1.97. The Labute approximate surface area is 111 Å². The van der Waals surface area contributed by atoms with Crippen molar-refractivity contribution >= 4 is 29.9 Å². The number of hydrogen-bond donors (Lipinski definition) is 2. The highest BCUT2D eigenvalue weighted by Crippen LogP contribution is 1.80. The number of guanidine groups is 1. The van der Waals surface area contributed by atoms with Gasteiger partial charge >= 0.3 is 0 Å². The first-order valence-electron chi connectivity index (χ1n) is 5.25. The Bertz CT molecular complexity index is 171. The maximum atomic E-state index is 4.13. The van der Waals surface area contributed by atoms with Crippen LogP contribution in [0, 0.1) is 0 Å². The van der Waals surface area contributed by atoms with Gasteiger partial charge in [0, 0.05) is 26.2 Å². The third-order valence-electron chi connectivity index (χ3n) is 1.97. The molecule has 5 heteroatoms. The van der Waals surface area contributed by atoms with E-state index in [0.29, 0.717) is 6.04 Å². The molecule has 15 heavy (non-hydrogen) atoms. The molecule has 2 N–H and O–H groups in total. The van der Waals surface area contributed by atoms with E-state index in [0.717, 1.165) is 25.6 Å². The SMILES string of the molecule is CCN(C)CCNC(=NC)NC(C)C.I. The molecule has 0 aromatic rings. The summed E-state index contributed by atoms with van der Waals surface area (Å²) in [5.41, 5.74) is 0. The van der Waals surface area contributed by atoms with Gasteiger partial charge in [0.15, 0.2) is 5.96 Å². The maximum absolute atomic E-state index is 4.13. The predicted molar refractivity (Wildman–Crippen MR) is 78.2 cm³/mol. The number of aliphatic imine (C=N–C) groups is 1. The molecule has 4 nitrogen and oxygen atoms in total. The molecule has 0 atom stereocenters. The lowest BCUT2D eigenvalue weighted by atomic mass is 10.4. The van der Waals surface area contributed by atoms with Crippen molar-refractivity contribution in [1.82, 2.24) is 15.5 Å². The third kappa shape index (κ3) is 10.2. The van der Waals surface area contributed by atoms with Crippen LogP contribution in [0.25, 0.3) is 0 Å². The molecule has 0 aliphatic carbocycles. The van der Waals surface area contributed by atoms with Gasteiger partial charge in [-0.3, -0.25) is 4.99 Å². The van der Waals surface area contributed by atoms with Gasteiger partial charge in [-0.15, -0.1) is 24.0 Å². The van der Waals surface area contributed by atoms with E-state index in [4.69, 9.17) is 0 Å². The molecule has 0 aliphatic heterocycles. The van der Waals surface area contributed by atoms with E-state index in [1.54, 1.807) is 7.05 Å². The van der Waals surface area contributed by atoms with Gasteiger partial charge in [0.05, 0.1) is 0 Å². The van der Waals surface area contributed by atoms with Crippen molar-refractivity contribution in [3.05, 3.63) is 0 Å². The van der Waals surface area contributed by atoms with Crippen LogP contribution in [0.1, 0.15) is 20.8 Å². The second kappa shape index (κ2) is 10.5. The van der Waals surface area contributed by atoms with E-state index in [-0.39, 0.29) is 24.0 Å². The van der Waals surface area contributed by atoms with Crippen LogP contribution in [-0.4, -0.2) is 50.6 Å². The Morgan fingerprint density at radius 2 is 2.00 bits per heavy atom. The van der Waals surface area contributed by atoms with E-state index in [1.165, 1.54) is 0 Å². The number of nitrogens with one attached hydrogen (secondary N) is 2. The fraction of sp³-hybridized carbons (Fsp3) is 0.900. The molecule has 0 saturated carbocycles. The minimum atomic E-state index is 0. The van der Waals surface area contributed by atoms with Crippen LogP contribution in [0.15, 0.2) is 4.99 Å². The molecule has 0 bridgehead atoms.